The minimum absolute atomic E-state index is 0.296. The number of fused-ring (bicyclic) bond motifs is 10. The van der Waals surface area contributed by atoms with Crippen LogP contribution in [0.3, 0.4) is 0 Å². The minimum Gasteiger partial charge on any atom is -0.497 e. The third kappa shape index (κ3) is 2.80. The Morgan fingerprint density at radius 3 is 2.76 bits per heavy atom. The van der Waals surface area contributed by atoms with Crippen LogP contribution >= 0.6 is 0 Å². The SMILES string of the molecule is COc1ccc2c(c1)CC[C@@H]1[C@@H]2CC[C@]2(C)[C@H]3C[C@@H](C[C@@H]12)Oc1c3c(C)nn1-c1ccccc1. The second-order valence-electron chi connectivity index (χ2n) is 11.3. The lowest BCUT2D eigenvalue weighted by Gasteiger charge is -2.60. The molecule has 4 aliphatic rings. The second kappa shape index (κ2) is 7.37. The van der Waals surface area contributed by atoms with Gasteiger partial charge >= 0.3 is 0 Å². The van der Waals surface area contributed by atoms with Crippen LogP contribution in [-0.4, -0.2) is 23.0 Å². The van der Waals surface area contributed by atoms with Crippen molar-refractivity contribution in [2.24, 2.45) is 17.3 Å². The summed E-state index contributed by atoms with van der Waals surface area (Å²) in [6, 6.07) is 17.3. The number of ether oxygens (including phenoxy) is 2. The van der Waals surface area contributed by atoms with E-state index in [0.29, 0.717) is 29.3 Å². The molecule has 0 spiro atoms. The number of nitrogens with zero attached hydrogens (tertiary/aromatic N) is 2. The van der Waals surface area contributed by atoms with Gasteiger partial charge in [-0.2, -0.15) is 5.10 Å². The van der Waals surface area contributed by atoms with Crippen molar-refractivity contribution >= 4 is 0 Å². The van der Waals surface area contributed by atoms with Crippen LogP contribution in [0.2, 0.25) is 0 Å². The van der Waals surface area contributed by atoms with E-state index >= 15 is 0 Å². The largest absolute Gasteiger partial charge is 0.497 e. The van der Waals surface area contributed by atoms with E-state index in [-0.39, 0.29) is 0 Å². The van der Waals surface area contributed by atoms with Crippen molar-refractivity contribution in [1.82, 2.24) is 9.78 Å². The predicted octanol–water partition coefficient (Wildman–Crippen LogP) is 6.59. The molecule has 0 N–H and O–H groups in total. The van der Waals surface area contributed by atoms with Gasteiger partial charge in [-0.25, -0.2) is 4.68 Å². The summed E-state index contributed by atoms with van der Waals surface area (Å²) >= 11 is 0. The van der Waals surface area contributed by atoms with Gasteiger partial charge in [0.05, 0.1) is 18.5 Å². The van der Waals surface area contributed by atoms with Crippen LogP contribution in [0.15, 0.2) is 48.5 Å². The third-order valence-electron chi connectivity index (χ3n) is 9.87. The Morgan fingerprint density at radius 1 is 1.09 bits per heavy atom. The van der Waals surface area contributed by atoms with Crippen LogP contribution in [0.1, 0.15) is 73.2 Å². The first-order valence-corrected chi connectivity index (χ1v) is 13.0. The number of benzene rings is 2. The molecular formula is C30H34N2O2. The van der Waals surface area contributed by atoms with Gasteiger partial charge in [-0.3, -0.25) is 0 Å². The maximum Gasteiger partial charge on any atom is 0.220 e. The third-order valence-corrected chi connectivity index (χ3v) is 9.87. The summed E-state index contributed by atoms with van der Waals surface area (Å²) in [5.74, 6) is 4.68. The summed E-state index contributed by atoms with van der Waals surface area (Å²) in [5.41, 5.74) is 7.04. The average molecular weight is 455 g/mol. The van der Waals surface area contributed by atoms with E-state index in [1.165, 1.54) is 43.2 Å². The maximum absolute atomic E-state index is 6.77. The molecule has 176 valence electrons. The van der Waals surface area contributed by atoms with Gasteiger partial charge in [-0.15, -0.1) is 0 Å². The van der Waals surface area contributed by atoms with Gasteiger partial charge in [-0.1, -0.05) is 31.2 Å². The van der Waals surface area contributed by atoms with Crippen LogP contribution in [0.25, 0.3) is 5.69 Å². The highest BCUT2D eigenvalue weighted by Crippen LogP contribution is 2.66. The maximum atomic E-state index is 6.77. The average Bonchev–Trinajstić information content (AvgIpc) is 3.20. The fourth-order valence-electron chi connectivity index (χ4n) is 8.30. The van der Waals surface area contributed by atoms with Gasteiger partial charge in [0, 0.05) is 11.5 Å². The molecule has 0 saturated heterocycles. The summed E-state index contributed by atoms with van der Waals surface area (Å²) in [7, 11) is 1.77. The molecule has 34 heavy (non-hydrogen) atoms. The van der Waals surface area contributed by atoms with Gasteiger partial charge in [-0.05, 0) is 104 Å². The highest BCUT2D eigenvalue weighted by atomic mass is 16.5. The van der Waals surface area contributed by atoms with E-state index in [1.54, 1.807) is 12.7 Å². The summed E-state index contributed by atoms with van der Waals surface area (Å²) in [5, 5.41) is 5.00. The first-order chi connectivity index (χ1) is 16.6. The Bertz CT molecular complexity index is 1250. The lowest BCUT2D eigenvalue weighted by atomic mass is 9.46. The van der Waals surface area contributed by atoms with Gasteiger partial charge < -0.3 is 9.47 Å². The normalized spacial score (nSPS) is 33.1. The molecule has 7 rings (SSSR count). The number of rotatable bonds is 2. The number of aromatic nitrogens is 2. The Labute approximate surface area is 202 Å². The second-order valence-corrected chi connectivity index (χ2v) is 11.3. The highest BCUT2D eigenvalue weighted by Gasteiger charge is 2.58. The van der Waals surface area contributed by atoms with Gasteiger partial charge in [0.2, 0.25) is 5.88 Å². The van der Waals surface area contributed by atoms with Crippen molar-refractivity contribution in [3.63, 3.8) is 0 Å². The van der Waals surface area contributed by atoms with Crippen LogP contribution in [0, 0.1) is 24.2 Å². The van der Waals surface area contributed by atoms with Crippen LogP contribution in [0.4, 0.5) is 0 Å². The van der Waals surface area contributed by atoms with E-state index in [9.17, 15) is 0 Å². The Hall–Kier alpha value is -2.75. The number of aryl methyl sites for hydroxylation is 2. The lowest BCUT2D eigenvalue weighted by molar-refractivity contribution is -0.0742. The molecule has 2 bridgehead atoms. The molecule has 2 aromatic carbocycles. The van der Waals surface area contributed by atoms with Crippen molar-refractivity contribution < 1.29 is 9.47 Å². The lowest BCUT2D eigenvalue weighted by Crippen LogP contribution is -2.53. The van der Waals surface area contributed by atoms with Crippen molar-refractivity contribution in [2.45, 2.75) is 70.3 Å². The smallest absolute Gasteiger partial charge is 0.220 e. The van der Waals surface area contributed by atoms with E-state index in [0.717, 1.165) is 35.3 Å². The molecule has 0 radical (unpaired) electrons. The van der Waals surface area contributed by atoms with Crippen molar-refractivity contribution in [1.29, 1.82) is 0 Å². The number of hydrogen-bond donors (Lipinski definition) is 0. The van der Waals surface area contributed by atoms with E-state index in [2.05, 4.69) is 67.1 Å². The first-order valence-electron chi connectivity index (χ1n) is 13.0. The molecule has 2 heterocycles. The zero-order chi connectivity index (χ0) is 23.0. The van der Waals surface area contributed by atoms with E-state index < -0.39 is 0 Å². The molecule has 6 atom stereocenters. The Balaban J connectivity index is 1.27. The number of methoxy groups -OCH3 is 1. The fraction of sp³-hybridized carbons (Fsp3) is 0.500. The monoisotopic (exact) mass is 454 g/mol. The topological polar surface area (TPSA) is 36.3 Å². The fourth-order valence-corrected chi connectivity index (χ4v) is 8.30. The molecule has 2 saturated carbocycles. The summed E-state index contributed by atoms with van der Waals surface area (Å²) in [6.45, 7) is 4.79. The Morgan fingerprint density at radius 2 is 1.94 bits per heavy atom. The van der Waals surface area contributed by atoms with Crippen LogP contribution in [0.5, 0.6) is 11.6 Å². The summed E-state index contributed by atoms with van der Waals surface area (Å²) in [4.78, 5) is 0. The number of hydrogen-bond acceptors (Lipinski definition) is 3. The standard InChI is InChI=1S/C30H34N2O2/c1-18-28-27-17-22(34-29(28)32(31-18)20-7-5-4-6-8-20)16-26-25-11-9-19-15-21(33-3)10-12-23(19)24(25)13-14-30(26,27)2/h4-8,10,12,15,22,24-27H,9,11,13-14,16-17H2,1-3H3/t22-,24-,25-,26+,27+,30+/m1/s1. The molecule has 4 heteroatoms. The number of para-hydroxylation sites is 1. The molecule has 1 aromatic heterocycles. The van der Waals surface area contributed by atoms with E-state index in [4.69, 9.17) is 14.6 Å². The quantitative estimate of drug-likeness (QED) is 0.438. The van der Waals surface area contributed by atoms with Gasteiger partial charge in [0.15, 0.2) is 0 Å². The summed E-state index contributed by atoms with van der Waals surface area (Å²) in [6.07, 6.45) is 7.67. The zero-order valence-electron chi connectivity index (χ0n) is 20.5. The van der Waals surface area contributed by atoms with Crippen molar-refractivity contribution in [3.8, 4) is 17.3 Å². The van der Waals surface area contributed by atoms with Gasteiger partial charge in [0.1, 0.15) is 11.9 Å². The molecule has 0 unspecified atom stereocenters. The molecule has 4 nitrogen and oxygen atoms in total. The molecule has 0 amide bonds. The predicted molar refractivity (Wildman–Crippen MR) is 133 cm³/mol. The van der Waals surface area contributed by atoms with E-state index in [1.807, 2.05) is 0 Å². The van der Waals surface area contributed by atoms with Crippen molar-refractivity contribution in [2.75, 3.05) is 7.11 Å². The van der Waals surface area contributed by atoms with Gasteiger partial charge in [0.25, 0.3) is 0 Å². The first kappa shape index (κ1) is 20.6. The summed E-state index contributed by atoms with van der Waals surface area (Å²) < 4.78 is 14.3. The zero-order valence-corrected chi connectivity index (χ0v) is 20.5. The minimum atomic E-state index is 0.296. The molecule has 2 fully saturated rings. The van der Waals surface area contributed by atoms with Crippen molar-refractivity contribution in [3.05, 3.63) is 70.9 Å². The van der Waals surface area contributed by atoms with Crippen LogP contribution in [-0.2, 0) is 6.42 Å². The Kier molecular flexibility index (Phi) is 4.47. The molecule has 1 aliphatic heterocycles. The molecule has 3 aromatic rings. The molecular weight excluding hydrogens is 420 g/mol. The van der Waals surface area contributed by atoms with Crippen LogP contribution < -0.4 is 9.47 Å². The molecule has 3 aliphatic carbocycles. The highest BCUT2D eigenvalue weighted by molar-refractivity contribution is 5.47.